The Balaban J connectivity index is 1.48. The maximum absolute atomic E-state index is 13.6. The van der Waals surface area contributed by atoms with Crippen LogP contribution in [0.4, 0.5) is 18.0 Å². The zero-order valence-corrected chi connectivity index (χ0v) is 23.0. The molecule has 0 aliphatic carbocycles. The first kappa shape index (κ1) is 28.9. The minimum Gasteiger partial charge on any atom is -0.462 e. The van der Waals surface area contributed by atoms with Crippen molar-refractivity contribution < 1.29 is 32.2 Å². The van der Waals surface area contributed by atoms with Crippen LogP contribution in [0.5, 0.6) is 0 Å². The lowest BCUT2D eigenvalue weighted by Gasteiger charge is -2.31. The highest BCUT2D eigenvalue weighted by Gasteiger charge is 2.35. The minimum atomic E-state index is -4.53. The molecule has 3 heterocycles. The van der Waals surface area contributed by atoms with E-state index in [-0.39, 0.29) is 30.3 Å². The molecule has 0 spiro atoms. The Morgan fingerprint density at radius 3 is 2.33 bits per heavy atom. The van der Waals surface area contributed by atoms with Gasteiger partial charge in [0, 0.05) is 42.7 Å². The number of alkyl halides is 3. The number of aromatic nitrogens is 2. The Bertz CT molecular complexity index is 1530. The van der Waals surface area contributed by atoms with Gasteiger partial charge in [0.1, 0.15) is 6.61 Å². The lowest BCUT2D eigenvalue weighted by molar-refractivity contribution is -0.137. The second-order valence-corrected chi connectivity index (χ2v) is 10.0. The van der Waals surface area contributed by atoms with Crippen LogP contribution in [0, 0.1) is 0 Å². The van der Waals surface area contributed by atoms with E-state index in [1.54, 1.807) is 42.4 Å². The van der Waals surface area contributed by atoms with E-state index in [0.29, 0.717) is 48.4 Å². The standard InChI is InChI=1S/C32H30F3N3O4/c1-2-41-30(39)27-26(22-11-15-36-16-12-22)29(24-9-6-10-25(19-24)32(33,34)35)37-28(27)23-13-17-38(18-14-23)31(40)42-20-21-7-4-3-5-8-21/h3-12,15-16,19,23,37H,2,13-14,17-18,20H2,1H3. The van der Waals surface area contributed by atoms with Gasteiger partial charge in [0.05, 0.1) is 23.4 Å². The molecule has 10 heteroatoms. The Kier molecular flexibility index (Phi) is 8.61. The number of esters is 1. The lowest BCUT2D eigenvalue weighted by Crippen LogP contribution is -2.38. The molecule has 218 valence electrons. The fraction of sp³-hybridized carbons (Fsp3) is 0.281. The van der Waals surface area contributed by atoms with E-state index in [4.69, 9.17) is 9.47 Å². The SMILES string of the molecule is CCOC(=O)c1c(C2CCN(C(=O)OCc3ccccc3)CC2)[nH]c(-c2cccc(C(F)(F)F)c2)c1-c1ccncc1. The number of nitrogens with one attached hydrogen (secondary N) is 1. The van der Waals surface area contributed by atoms with E-state index in [1.165, 1.54) is 6.07 Å². The lowest BCUT2D eigenvalue weighted by atomic mass is 9.89. The second-order valence-electron chi connectivity index (χ2n) is 10.0. The number of hydrogen-bond acceptors (Lipinski definition) is 5. The number of piperidine rings is 1. The van der Waals surface area contributed by atoms with Crippen LogP contribution in [0.25, 0.3) is 22.4 Å². The largest absolute Gasteiger partial charge is 0.462 e. The van der Waals surface area contributed by atoms with Crippen molar-refractivity contribution in [3.05, 3.63) is 102 Å². The number of H-pyrrole nitrogens is 1. The van der Waals surface area contributed by atoms with Crippen LogP contribution in [-0.4, -0.2) is 46.6 Å². The molecule has 7 nitrogen and oxygen atoms in total. The highest BCUT2D eigenvalue weighted by atomic mass is 19.4. The fourth-order valence-electron chi connectivity index (χ4n) is 5.28. The van der Waals surface area contributed by atoms with Gasteiger partial charge in [-0.05, 0) is 60.7 Å². The van der Waals surface area contributed by atoms with E-state index in [2.05, 4.69) is 9.97 Å². The summed E-state index contributed by atoms with van der Waals surface area (Å²) in [6.07, 6.45) is -0.792. The van der Waals surface area contributed by atoms with Gasteiger partial charge >= 0.3 is 18.2 Å². The number of pyridine rings is 1. The monoisotopic (exact) mass is 577 g/mol. The van der Waals surface area contributed by atoms with Gasteiger partial charge in [-0.1, -0.05) is 42.5 Å². The van der Waals surface area contributed by atoms with Crippen molar-refractivity contribution in [2.24, 2.45) is 0 Å². The van der Waals surface area contributed by atoms with Crippen LogP contribution in [-0.2, 0) is 22.3 Å². The Morgan fingerprint density at radius 1 is 0.952 bits per heavy atom. The number of carbonyl (C=O) groups excluding carboxylic acids is 2. The molecule has 2 aromatic heterocycles. The van der Waals surface area contributed by atoms with Crippen molar-refractivity contribution in [2.45, 2.75) is 38.5 Å². The third-order valence-corrected chi connectivity index (χ3v) is 7.32. The molecular weight excluding hydrogens is 547 g/mol. The molecule has 1 saturated heterocycles. The van der Waals surface area contributed by atoms with E-state index < -0.39 is 23.8 Å². The van der Waals surface area contributed by atoms with Gasteiger partial charge in [0.25, 0.3) is 0 Å². The van der Waals surface area contributed by atoms with Crippen LogP contribution < -0.4 is 0 Å². The Morgan fingerprint density at radius 2 is 1.67 bits per heavy atom. The van der Waals surface area contributed by atoms with Gasteiger partial charge in [-0.3, -0.25) is 4.98 Å². The van der Waals surface area contributed by atoms with Gasteiger partial charge in [-0.2, -0.15) is 13.2 Å². The Labute approximate surface area is 241 Å². The van der Waals surface area contributed by atoms with Gasteiger partial charge in [-0.15, -0.1) is 0 Å². The number of rotatable bonds is 7. The number of aromatic amines is 1. The number of ether oxygens (including phenoxy) is 2. The Hall–Kier alpha value is -4.60. The number of carbonyl (C=O) groups is 2. The fourth-order valence-corrected chi connectivity index (χ4v) is 5.28. The smallest absolute Gasteiger partial charge is 0.416 e. The summed E-state index contributed by atoms with van der Waals surface area (Å²) in [7, 11) is 0. The summed E-state index contributed by atoms with van der Waals surface area (Å²) in [4.78, 5) is 35.2. The molecule has 42 heavy (non-hydrogen) atoms. The van der Waals surface area contributed by atoms with Crippen molar-refractivity contribution in [1.29, 1.82) is 0 Å². The number of benzene rings is 2. The zero-order valence-electron chi connectivity index (χ0n) is 23.0. The number of nitrogens with zero attached hydrogens (tertiary/aromatic N) is 2. The van der Waals surface area contributed by atoms with Crippen molar-refractivity contribution >= 4 is 12.1 Å². The van der Waals surface area contributed by atoms with Crippen molar-refractivity contribution in [1.82, 2.24) is 14.9 Å². The molecule has 0 bridgehead atoms. The molecule has 0 saturated carbocycles. The quantitative estimate of drug-likeness (QED) is 0.231. The van der Waals surface area contributed by atoms with Crippen molar-refractivity contribution in [3.63, 3.8) is 0 Å². The highest BCUT2D eigenvalue weighted by Crippen LogP contribution is 2.43. The van der Waals surface area contributed by atoms with Crippen LogP contribution >= 0.6 is 0 Å². The second kappa shape index (κ2) is 12.5. The van der Waals surface area contributed by atoms with Crippen LogP contribution in [0.3, 0.4) is 0 Å². The molecule has 5 rings (SSSR count). The third kappa shape index (κ3) is 6.32. The number of amides is 1. The summed E-state index contributed by atoms with van der Waals surface area (Å²) in [5.41, 5.74) is 2.68. The molecule has 1 amide bonds. The molecule has 1 N–H and O–H groups in total. The summed E-state index contributed by atoms with van der Waals surface area (Å²) in [6, 6.07) is 17.8. The summed E-state index contributed by atoms with van der Waals surface area (Å²) in [5.74, 6) is -0.749. The molecule has 0 radical (unpaired) electrons. The summed E-state index contributed by atoms with van der Waals surface area (Å²) in [5, 5.41) is 0. The van der Waals surface area contributed by atoms with E-state index >= 15 is 0 Å². The molecular formula is C32H30F3N3O4. The van der Waals surface area contributed by atoms with E-state index in [1.807, 2.05) is 30.3 Å². The first-order valence-electron chi connectivity index (χ1n) is 13.7. The summed E-state index contributed by atoms with van der Waals surface area (Å²) < 4.78 is 51.8. The van der Waals surface area contributed by atoms with Crippen molar-refractivity contribution in [3.8, 4) is 22.4 Å². The van der Waals surface area contributed by atoms with Gasteiger partial charge < -0.3 is 19.4 Å². The first-order valence-corrected chi connectivity index (χ1v) is 13.7. The number of halogens is 3. The molecule has 1 aliphatic heterocycles. The number of hydrogen-bond donors (Lipinski definition) is 1. The maximum Gasteiger partial charge on any atom is 0.416 e. The van der Waals surface area contributed by atoms with E-state index in [9.17, 15) is 22.8 Å². The topological polar surface area (TPSA) is 84.5 Å². The highest BCUT2D eigenvalue weighted by molar-refractivity contribution is 6.03. The average molecular weight is 578 g/mol. The molecule has 1 aliphatic rings. The first-order chi connectivity index (χ1) is 20.3. The predicted octanol–water partition coefficient (Wildman–Crippen LogP) is 7.46. The van der Waals surface area contributed by atoms with Crippen LogP contribution in [0.1, 0.15) is 52.9 Å². The molecule has 0 unspecified atom stereocenters. The summed E-state index contributed by atoms with van der Waals surface area (Å²) in [6.45, 7) is 2.78. The van der Waals surface area contributed by atoms with Gasteiger partial charge in [-0.25, -0.2) is 9.59 Å². The molecule has 4 aromatic rings. The minimum absolute atomic E-state index is 0.129. The van der Waals surface area contributed by atoms with Crippen molar-refractivity contribution in [2.75, 3.05) is 19.7 Å². The summed E-state index contributed by atoms with van der Waals surface area (Å²) >= 11 is 0. The molecule has 2 aromatic carbocycles. The van der Waals surface area contributed by atoms with Crippen LogP contribution in [0.15, 0.2) is 79.1 Å². The van der Waals surface area contributed by atoms with Gasteiger partial charge in [0.15, 0.2) is 0 Å². The number of likely N-dealkylation sites (tertiary alicyclic amines) is 1. The predicted molar refractivity (Wildman–Crippen MR) is 151 cm³/mol. The zero-order chi connectivity index (χ0) is 29.7. The average Bonchev–Trinajstić information content (AvgIpc) is 3.42. The van der Waals surface area contributed by atoms with Crippen LogP contribution in [0.2, 0.25) is 0 Å². The van der Waals surface area contributed by atoms with E-state index in [0.717, 1.165) is 17.7 Å². The van der Waals surface area contributed by atoms with Gasteiger partial charge in [0.2, 0.25) is 0 Å². The molecule has 1 fully saturated rings. The third-order valence-electron chi connectivity index (χ3n) is 7.32. The normalized spacial score (nSPS) is 14.0. The molecule has 0 atom stereocenters. The maximum atomic E-state index is 13.6.